The predicted octanol–water partition coefficient (Wildman–Crippen LogP) is 5.43. The Hall–Kier alpha value is -2.57. The molecule has 1 aliphatic heterocycles. The highest BCUT2D eigenvalue weighted by molar-refractivity contribution is 6.00. The van der Waals surface area contributed by atoms with E-state index in [0.29, 0.717) is 18.1 Å². The first-order valence-corrected chi connectivity index (χ1v) is 13.7. The van der Waals surface area contributed by atoms with Crippen molar-refractivity contribution in [3.8, 4) is 5.75 Å². The van der Waals surface area contributed by atoms with Gasteiger partial charge in [-0.25, -0.2) is 0 Å². The summed E-state index contributed by atoms with van der Waals surface area (Å²) in [6.07, 6.45) is 10.2. The maximum atomic E-state index is 13.1. The summed E-state index contributed by atoms with van der Waals surface area (Å²) >= 11 is 0. The number of nitrogens with zero attached hydrogens (tertiary/aromatic N) is 1. The number of ketones is 1. The summed E-state index contributed by atoms with van der Waals surface area (Å²) < 4.78 is 11.4. The Kier molecular flexibility index (Phi) is 8.12. The van der Waals surface area contributed by atoms with Gasteiger partial charge in [0.05, 0.1) is 18.2 Å². The SMILES string of the molecule is NC(C(=O)c1ccc(OC[C@@H]2CCCO2)cc1)[C@H]1CCc2cc(CC3CCC[C@H](N=O)C3)ccc2C1. The van der Waals surface area contributed by atoms with Crippen LogP contribution in [0.15, 0.2) is 47.6 Å². The van der Waals surface area contributed by atoms with Gasteiger partial charge in [-0.2, -0.15) is 4.91 Å². The lowest BCUT2D eigenvalue weighted by Crippen LogP contribution is -2.40. The van der Waals surface area contributed by atoms with Gasteiger partial charge < -0.3 is 15.2 Å². The van der Waals surface area contributed by atoms with Crippen LogP contribution in [0.1, 0.15) is 72.0 Å². The number of fused-ring (bicyclic) bond motifs is 1. The largest absolute Gasteiger partial charge is 0.491 e. The summed E-state index contributed by atoms with van der Waals surface area (Å²) in [7, 11) is 0. The van der Waals surface area contributed by atoms with Crippen LogP contribution in [0.4, 0.5) is 0 Å². The monoisotopic (exact) mass is 490 g/mol. The van der Waals surface area contributed by atoms with E-state index >= 15 is 0 Å². The molecule has 0 bridgehead atoms. The van der Waals surface area contributed by atoms with Crippen LogP contribution in [0.25, 0.3) is 0 Å². The van der Waals surface area contributed by atoms with Crippen molar-refractivity contribution in [1.29, 1.82) is 0 Å². The summed E-state index contributed by atoms with van der Waals surface area (Å²) in [4.78, 5) is 24.1. The van der Waals surface area contributed by atoms with Gasteiger partial charge in [-0.3, -0.25) is 4.79 Å². The summed E-state index contributed by atoms with van der Waals surface area (Å²) in [5.41, 5.74) is 11.2. The van der Waals surface area contributed by atoms with Crippen LogP contribution < -0.4 is 10.5 Å². The standard InChI is InChI=1S/C30H38N2O4/c31-29(30(33)22-10-12-27(13-11-22)36-19-28-5-2-14-35-28)25-9-8-23-16-21(6-7-24(23)18-25)15-20-3-1-4-26(17-20)32-34/h6-7,10-13,16,20,25-26,28-29H,1-5,8-9,14-15,17-19,31H2/t20?,25-,26-,28-,29?/m0/s1. The van der Waals surface area contributed by atoms with E-state index < -0.39 is 6.04 Å². The fourth-order valence-electron chi connectivity index (χ4n) is 6.23. The molecule has 0 amide bonds. The van der Waals surface area contributed by atoms with E-state index in [4.69, 9.17) is 15.2 Å². The number of rotatable bonds is 9. The van der Waals surface area contributed by atoms with Crippen LogP contribution in [-0.2, 0) is 24.0 Å². The Bertz CT molecular complexity index is 1050. The smallest absolute Gasteiger partial charge is 0.179 e. The lowest BCUT2D eigenvalue weighted by Gasteiger charge is -2.30. The predicted molar refractivity (Wildman–Crippen MR) is 140 cm³/mol. The number of hydrogen-bond donors (Lipinski definition) is 1. The number of nitrogens with two attached hydrogens (primary N) is 1. The number of hydrogen-bond acceptors (Lipinski definition) is 6. The molecule has 0 spiro atoms. The second kappa shape index (κ2) is 11.7. The van der Waals surface area contributed by atoms with Crippen molar-refractivity contribution < 1.29 is 14.3 Å². The highest BCUT2D eigenvalue weighted by atomic mass is 16.5. The van der Waals surface area contributed by atoms with E-state index in [1.54, 1.807) is 0 Å². The Morgan fingerprint density at radius 3 is 2.69 bits per heavy atom. The molecule has 5 rings (SSSR count). The lowest BCUT2D eigenvalue weighted by molar-refractivity contribution is 0.0679. The molecule has 2 unspecified atom stereocenters. The van der Waals surface area contributed by atoms with E-state index in [1.807, 2.05) is 24.3 Å². The van der Waals surface area contributed by atoms with Gasteiger partial charge in [-0.05, 0) is 111 Å². The first-order valence-electron chi connectivity index (χ1n) is 13.7. The normalized spacial score (nSPS) is 26.7. The molecule has 1 saturated heterocycles. The lowest BCUT2D eigenvalue weighted by atomic mass is 9.77. The number of benzene rings is 2. The number of carbonyl (C=O) groups is 1. The zero-order valence-electron chi connectivity index (χ0n) is 21.1. The molecular weight excluding hydrogens is 452 g/mol. The molecule has 2 fully saturated rings. The molecule has 2 aliphatic carbocycles. The minimum absolute atomic E-state index is 0.00128. The van der Waals surface area contributed by atoms with E-state index in [1.165, 1.54) is 23.1 Å². The van der Waals surface area contributed by atoms with Gasteiger partial charge in [0.2, 0.25) is 0 Å². The quantitative estimate of drug-likeness (QED) is 0.374. The van der Waals surface area contributed by atoms with Crippen molar-refractivity contribution in [3.63, 3.8) is 0 Å². The molecule has 0 aromatic heterocycles. The van der Waals surface area contributed by atoms with Crippen molar-refractivity contribution in [2.24, 2.45) is 22.7 Å². The minimum Gasteiger partial charge on any atom is -0.491 e. The van der Waals surface area contributed by atoms with Gasteiger partial charge in [0.1, 0.15) is 12.4 Å². The second-order valence-corrected chi connectivity index (χ2v) is 11.0. The maximum Gasteiger partial charge on any atom is 0.179 e. The van der Waals surface area contributed by atoms with Crippen molar-refractivity contribution in [3.05, 3.63) is 69.6 Å². The van der Waals surface area contributed by atoms with E-state index in [-0.39, 0.29) is 23.8 Å². The van der Waals surface area contributed by atoms with Crippen LogP contribution in [0.3, 0.4) is 0 Å². The maximum absolute atomic E-state index is 13.1. The zero-order chi connectivity index (χ0) is 24.9. The van der Waals surface area contributed by atoms with Crippen LogP contribution in [-0.4, -0.2) is 37.2 Å². The molecule has 2 aromatic carbocycles. The van der Waals surface area contributed by atoms with Crippen LogP contribution in [0.5, 0.6) is 5.75 Å². The summed E-state index contributed by atoms with van der Waals surface area (Å²) in [6.45, 7) is 1.36. The fraction of sp³-hybridized carbons (Fsp3) is 0.567. The van der Waals surface area contributed by atoms with Gasteiger partial charge in [0.15, 0.2) is 5.78 Å². The topological polar surface area (TPSA) is 91.0 Å². The fourth-order valence-corrected chi connectivity index (χ4v) is 6.23. The average Bonchev–Trinajstić information content (AvgIpc) is 3.45. The summed E-state index contributed by atoms with van der Waals surface area (Å²) in [6, 6.07) is 13.6. The third kappa shape index (κ3) is 6.04. The van der Waals surface area contributed by atoms with Crippen molar-refractivity contribution >= 4 is 5.78 Å². The molecule has 2 aromatic rings. The number of ether oxygens (including phenoxy) is 2. The van der Waals surface area contributed by atoms with Gasteiger partial charge in [0, 0.05) is 12.2 Å². The molecule has 0 radical (unpaired) electrons. The van der Waals surface area contributed by atoms with Gasteiger partial charge in [-0.1, -0.05) is 29.8 Å². The molecule has 2 N–H and O–H groups in total. The second-order valence-electron chi connectivity index (χ2n) is 11.0. The van der Waals surface area contributed by atoms with Crippen LogP contribution >= 0.6 is 0 Å². The number of carbonyl (C=O) groups excluding carboxylic acids is 1. The number of Topliss-reactive ketones (excluding diaryl/α,β-unsaturated/α-hetero) is 1. The zero-order valence-corrected chi connectivity index (χ0v) is 21.1. The molecule has 1 saturated carbocycles. The van der Waals surface area contributed by atoms with E-state index in [9.17, 15) is 9.70 Å². The number of nitroso groups, excluding NO2 is 1. The Labute approximate surface area is 213 Å². The first-order chi connectivity index (χ1) is 17.6. The molecule has 3 aliphatic rings. The first kappa shape index (κ1) is 25.1. The van der Waals surface area contributed by atoms with Gasteiger partial charge in [0.25, 0.3) is 0 Å². The average molecular weight is 491 g/mol. The summed E-state index contributed by atoms with van der Waals surface area (Å²) in [5.74, 6) is 1.45. The van der Waals surface area contributed by atoms with Crippen LogP contribution in [0, 0.1) is 16.7 Å². The van der Waals surface area contributed by atoms with Crippen molar-refractivity contribution in [1.82, 2.24) is 0 Å². The third-order valence-electron chi connectivity index (χ3n) is 8.38. The minimum atomic E-state index is -0.508. The molecule has 5 atom stereocenters. The Morgan fingerprint density at radius 1 is 1.06 bits per heavy atom. The molecule has 36 heavy (non-hydrogen) atoms. The molecule has 6 heteroatoms. The van der Waals surface area contributed by atoms with Gasteiger partial charge in [-0.15, -0.1) is 0 Å². The molecule has 1 heterocycles. The highest BCUT2D eigenvalue weighted by Gasteiger charge is 2.30. The van der Waals surface area contributed by atoms with Crippen molar-refractivity contribution in [2.45, 2.75) is 82.4 Å². The van der Waals surface area contributed by atoms with Crippen molar-refractivity contribution in [2.75, 3.05) is 13.2 Å². The highest BCUT2D eigenvalue weighted by Crippen LogP contribution is 2.32. The van der Waals surface area contributed by atoms with E-state index in [0.717, 1.165) is 70.1 Å². The van der Waals surface area contributed by atoms with E-state index in [2.05, 4.69) is 23.4 Å². The molecule has 6 nitrogen and oxygen atoms in total. The Balaban J connectivity index is 1.15. The Morgan fingerprint density at radius 2 is 1.92 bits per heavy atom. The number of aryl methyl sites for hydroxylation is 1. The van der Waals surface area contributed by atoms with Crippen LogP contribution in [0.2, 0.25) is 0 Å². The third-order valence-corrected chi connectivity index (χ3v) is 8.38. The van der Waals surface area contributed by atoms with Gasteiger partial charge >= 0.3 is 0 Å². The molecule has 192 valence electrons. The molecular formula is C30H38N2O4. The summed E-state index contributed by atoms with van der Waals surface area (Å²) in [5, 5.41) is 3.30.